The number of rotatable bonds is 6. The van der Waals surface area contributed by atoms with Gasteiger partial charge in [-0.15, -0.1) is 5.10 Å². The van der Waals surface area contributed by atoms with Crippen molar-refractivity contribution >= 4 is 0 Å². The Morgan fingerprint density at radius 3 is 2.46 bits per heavy atom. The topological polar surface area (TPSA) is 70.3 Å². The van der Waals surface area contributed by atoms with Crippen LogP contribution in [-0.2, 0) is 6.54 Å². The second-order valence-electron chi connectivity index (χ2n) is 6.77. The van der Waals surface area contributed by atoms with Crippen LogP contribution in [0.2, 0.25) is 0 Å². The van der Waals surface area contributed by atoms with Gasteiger partial charge in [-0.25, -0.2) is 4.68 Å². The highest BCUT2D eigenvalue weighted by atomic mass is 16.3. The summed E-state index contributed by atoms with van der Waals surface area (Å²) in [7, 11) is 0. The van der Waals surface area contributed by atoms with E-state index >= 15 is 0 Å². The molecule has 1 atom stereocenters. The average Bonchev–Trinajstić information content (AvgIpc) is 3.37. The molecule has 1 saturated carbocycles. The fourth-order valence-electron chi connectivity index (χ4n) is 3.27. The lowest BCUT2D eigenvalue weighted by Crippen LogP contribution is -2.47. The van der Waals surface area contributed by atoms with Crippen molar-refractivity contribution in [3.05, 3.63) is 41.7 Å². The van der Waals surface area contributed by atoms with Crippen molar-refractivity contribution in [2.24, 2.45) is 0 Å². The number of nitrogens with zero attached hydrogens (tertiary/aromatic N) is 6. The Balaban J connectivity index is 1.27. The molecular weight excluding hydrogens is 304 g/mol. The summed E-state index contributed by atoms with van der Waals surface area (Å²) in [5.41, 5.74) is 0.989. The zero-order valence-electron chi connectivity index (χ0n) is 13.8. The number of aliphatic hydroxyl groups is 1. The molecule has 4 rings (SSSR count). The summed E-state index contributed by atoms with van der Waals surface area (Å²) in [5, 5.41) is 22.5. The van der Waals surface area contributed by atoms with E-state index in [-0.39, 0.29) is 0 Å². The van der Waals surface area contributed by atoms with Crippen LogP contribution in [0.5, 0.6) is 0 Å². The minimum absolute atomic E-state index is 0.417. The van der Waals surface area contributed by atoms with Gasteiger partial charge in [0.05, 0.1) is 18.7 Å². The number of hydrogen-bond acceptors (Lipinski definition) is 6. The van der Waals surface area contributed by atoms with Crippen LogP contribution in [0.15, 0.2) is 30.3 Å². The number of aliphatic hydroxyl groups excluding tert-OH is 1. The summed E-state index contributed by atoms with van der Waals surface area (Å²) >= 11 is 0. The molecule has 2 fully saturated rings. The molecular formula is C17H24N6O. The molecule has 0 bridgehead atoms. The zero-order valence-corrected chi connectivity index (χ0v) is 13.8. The summed E-state index contributed by atoms with van der Waals surface area (Å²) < 4.78 is 1.99. The van der Waals surface area contributed by atoms with Crippen molar-refractivity contribution in [1.29, 1.82) is 0 Å². The highest BCUT2D eigenvalue weighted by Crippen LogP contribution is 2.34. The van der Waals surface area contributed by atoms with Gasteiger partial charge in [-0.3, -0.25) is 9.80 Å². The summed E-state index contributed by atoms with van der Waals surface area (Å²) in [5.74, 6) is 0.982. The first-order valence-corrected chi connectivity index (χ1v) is 8.74. The largest absolute Gasteiger partial charge is 0.387 e. The van der Waals surface area contributed by atoms with Crippen molar-refractivity contribution in [3.63, 3.8) is 0 Å². The maximum Gasteiger partial charge on any atom is 0.165 e. The van der Waals surface area contributed by atoms with E-state index in [1.807, 2.05) is 35.0 Å². The van der Waals surface area contributed by atoms with Crippen molar-refractivity contribution in [2.75, 3.05) is 32.7 Å². The summed E-state index contributed by atoms with van der Waals surface area (Å²) in [6.45, 7) is 5.41. The standard InChI is InChI=1S/C17H24N6O/c24-16(14-4-2-1-3-5-14)12-21-8-10-22(11-9-21)13-17-18-19-20-23(17)15-6-7-15/h1-5,15-16,24H,6-13H2/t16-/m1/s1. The normalized spacial score (nSPS) is 21.0. The smallest absolute Gasteiger partial charge is 0.165 e. The number of benzene rings is 1. The third-order valence-electron chi connectivity index (χ3n) is 4.90. The Hall–Kier alpha value is -1.83. The van der Waals surface area contributed by atoms with E-state index < -0.39 is 6.10 Å². The lowest BCUT2D eigenvalue weighted by atomic mass is 10.1. The first-order chi connectivity index (χ1) is 11.8. The molecule has 1 aliphatic carbocycles. The van der Waals surface area contributed by atoms with Gasteiger partial charge in [0.2, 0.25) is 0 Å². The molecule has 2 heterocycles. The molecule has 0 amide bonds. The van der Waals surface area contributed by atoms with Crippen molar-refractivity contribution < 1.29 is 5.11 Å². The first-order valence-electron chi connectivity index (χ1n) is 8.74. The molecule has 128 valence electrons. The Kier molecular flexibility index (Phi) is 4.55. The second kappa shape index (κ2) is 6.96. The lowest BCUT2D eigenvalue weighted by molar-refractivity contribution is 0.0687. The summed E-state index contributed by atoms with van der Waals surface area (Å²) in [6, 6.07) is 10.4. The highest BCUT2D eigenvalue weighted by molar-refractivity contribution is 5.17. The van der Waals surface area contributed by atoms with Crippen molar-refractivity contribution in [3.8, 4) is 0 Å². The van der Waals surface area contributed by atoms with Gasteiger partial charge in [0.15, 0.2) is 5.82 Å². The van der Waals surface area contributed by atoms with Gasteiger partial charge in [-0.1, -0.05) is 30.3 Å². The molecule has 7 nitrogen and oxygen atoms in total. The van der Waals surface area contributed by atoms with Crippen LogP contribution in [0.3, 0.4) is 0 Å². The van der Waals surface area contributed by atoms with Gasteiger partial charge in [0.25, 0.3) is 0 Å². The number of hydrogen-bond donors (Lipinski definition) is 1. The van der Waals surface area contributed by atoms with Crippen LogP contribution in [0.25, 0.3) is 0 Å². The summed E-state index contributed by atoms with van der Waals surface area (Å²) in [4.78, 5) is 4.73. The van der Waals surface area contributed by atoms with Crippen LogP contribution >= 0.6 is 0 Å². The van der Waals surface area contributed by atoms with Crippen LogP contribution in [0, 0.1) is 0 Å². The predicted octanol–water partition coefficient (Wildman–Crippen LogP) is 0.859. The SMILES string of the molecule is O[C@H](CN1CCN(Cc2nnnn2C2CC2)CC1)c1ccccc1. The van der Waals surface area contributed by atoms with E-state index in [0.717, 1.165) is 44.1 Å². The Labute approximate surface area is 141 Å². The van der Waals surface area contributed by atoms with Crippen LogP contribution in [0.4, 0.5) is 0 Å². The van der Waals surface area contributed by atoms with E-state index in [1.54, 1.807) is 0 Å². The maximum atomic E-state index is 10.4. The molecule has 24 heavy (non-hydrogen) atoms. The lowest BCUT2D eigenvalue weighted by Gasteiger charge is -2.35. The Bertz CT molecular complexity index is 648. The van der Waals surface area contributed by atoms with Crippen LogP contribution < -0.4 is 0 Å². The van der Waals surface area contributed by atoms with Crippen molar-refractivity contribution in [1.82, 2.24) is 30.0 Å². The highest BCUT2D eigenvalue weighted by Gasteiger charge is 2.29. The molecule has 0 spiro atoms. The third kappa shape index (κ3) is 3.63. The van der Waals surface area contributed by atoms with Crippen LogP contribution in [0.1, 0.15) is 36.4 Å². The van der Waals surface area contributed by atoms with Gasteiger partial charge in [-0.2, -0.15) is 0 Å². The van der Waals surface area contributed by atoms with Crippen LogP contribution in [-0.4, -0.2) is 67.8 Å². The molecule has 2 aromatic rings. The summed E-state index contributed by atoms with van der Waals surface area (Å²) in [6.07, 6.45) is 1.98. The molecule has 1 aromatic carbocycles. The monoisotopic (exact) mass is 328 g/mol. The molecule has 2 aliphatic rings. The molecule has 0 unspecified atom stereocenters. The minimum atomic E-state index is -0.417. The molecule has 7 heteroatoms. The Morgan fingerprint density at radius 1 is 1.04 bits per heavy atom. The molecule has 1 aromatic heterocycles. The first kappa shape index (κ1) is 15.7. The van der Waals surface area contributed by atoms with Gasteiger partial charge < -0.3 is 5.11 Å². The third-order valence-corrected chi connectivity index (χ3v) is 4.90. The number of aromatic nitrogens is 4. The van der Waals surface area contributed by atoms with E-state index in [0.29, 0.717) is 12.6 Å². The van der Waals surface area contributed by atoms with Gasteiger partial charge in [-0.05, 0) is 28.8 Å². The fraction of sp³-hybridized carbons (Fsp3) is 0.588. The number of tetrazole rings is 1. The molecule has 1 saturated heterocycles. The fourth-order valence-corrected chi connectivity index (χ4v) is 3.27. The average molecular weight is 328 g/mol. The molecule has 1 N–H and O–H groups in total. The molecule has 0 radical (unpaired) electrons. The zero-order chi connectivity index (χ0) is 16.4. The molecule has 1 aliphatic heterocycles. The van der Waals surface area contributed by atoms with Gasteiger partial charge in [0.1, 0.15) is 0 Å². The van der Waals surface area contributed by atoms with Gasteiger partial charge in [0, 0.05) is 32.7 Å². The van der Waals surface area contributed by atoms with Gasteiger partial charge >= 0.3 is 0 Å². The minimum Gasteiger partial charge on any atom is -0.387 e. The van der Waals surface area contributed by atoms with E-state index in [4.69, 9.17) is 0 Å². The van der Waals surface area contributed by atoms with E-state index in [2.05, 4.69) is 25.3 Å². The number of piperazine rings is 1. The van der Waals surface area contributed by atoms with Crippen molar-refractivity contribution in [2.45, 2.75) is 31.5 Å². The quantitative estimate of drug-likeness (QED) is 0.848. The number of β-amino-alcohol motifs (C(OH)–C–C–N with tert-alkyl or cyclic N) is 1. The van der Waals surface area contributed by atoms with E-state index in [9.17, 15) is 5.11 Å². The second-order valence-corrected chi connectivity index (χ2v) is 6.77. The Morgan fingerprint density at radius 2 is 1.75 bits per heavy atom. The van der Waals surface area contributed by atoms with E-state index in [1.165, 1.54) is 12.8 Å². The predicted molar refractivity (Wildman–Crippen MR) is 89.2 cm³/mol. The maximum absolute atomic E-state index is 10.4.